The van der Waals surface area contributed by atoms with Crippen molar-refractivity contribution < 1.29 is 9.52 Å². The molecule has 0 amide bonds. The van der Waals surface area contributed by atoms with E-state index in [4.69, 9.17) is 15.1 Å². The van der Waals surface area contributed by atoms with Gasteiger partial charge in [-0.15, -0.1) is 0 Å². The van der Waals surface area contributed by atoms with Gasteiger partial charge in [-0.3, -0.25) is 0 Å². The minimum absolute atomic E-state index is 0.106. The Bertz CT molecular complexity index is 1320. The monoisotopic (exact) mass is 430 g/mol. The zero-order valence-electron chi connectivity index (χ0n) is 14.7. The first kappa shape index (κ1) is 16.8. The fourth-order valence-electron chi connectivity index (χ4n) is 3.35. The molecule has 28 heavy (non-hydrogen) atoms. The molecule has 3 N–H and O–H groups in total. The largest absolute Gasteiger partial charge is 0.507 e. The number of aromatic nitrogens is 1. The van der Waals surface area contributed by atoms with Gasteiger partial charge in [0, 0.05) is 21.9 Å². The van der Waals surface area contributed by atoms with Gasteiger partial charge >= 0.3 is 0 Å². The van der Waals surface area contributed by atoms with E-state index in [9.17, 15) is 5.11 Å². The molecule has 0 aliphatic heterocycles. The van der Waals surface area contributed by atoms with Crippen LogP contribution in [0.25, 0.3) is 44.5 Å². The first-order valence-corrected chi connectivity index (χ1v) is 9.56. The van der Waals surface area contributed by atoms with E-state index in [1.54, 1.807) is 12.1 Å². The van der Waals surface area contributed by atoms with Crippen molar-refractivity contribution in [2.45, 2.75) is 0 Å². The number of rotatable bonds is 2. The maximum Gasteiger partial charge on any atom is 0.135 e. The number of nitrogen functional groups attached to an aromatic ring is 1. The van der Waals surface area contributed by atoms with Crippen LogP contribution in [-0.4, -0.2) is 10.1 Å². The molecule has 0 saturated heterocycles. The summed E-state index contributed by atoms with van der Waals surface area (Å²) in [4.78, 5) is 4.79. The predicted octanol–water partition coefficient (Wildman–Crippen LogP) is 6.37. The topological polar surface area (TPSA) is 72.3 Å². The normalized spacial score (nSPS) is 11.3. The first-order valence-electron chi connectivity index (χ1n) is 8.77. The van der Waals surface area contributed by atoms with Crippen molar-refractivity contribution in [3.05, 3.63) is 77.3 Å². The predicted molar refractivity (Wildman–Crippen MR) is 116 cm³/mol. The molecule has 0 saturated carbocycles. The molecule has 5 heteroatoms. The lowest BCUT2D eigenvalue weighted by atomic mass is 10.1. The number of phenolic OH excluding ortho intramolecular Hbond substituents is 1. The third-order valence-electron chi connectivity index (χ3n) is 4.84. The van der Waals surface area contributed by atoms with Crippen LogP contribution < -0.4 is 5.73 Å². The van der Waals surface area contributed by atoms with E-state index in [1.807, 2.05) is 60.7 Å². The molecule has 0 unspecified atom stereocenters. The second-order valence-corrected chi connectivity index (χ2v) is 7.41. The summed E-state index contributed by atoms with van der Waals surface area (Å²) >= 11 is 3.32. The van der Waals surface area contributed by atoms with Crippen molar-refractivity contribution >= 4 is 43.5 Å². The highest BCUT2D eigenvalue weighted by molar-refractivity contribution is 9.10. The summed E-state index contributed by atoms with van der Waals surface area (Å²) in [6.45, 7) is 0. The molecule has 2 aromatic heterocycles. The van der Waals surface area contributed by atoms with Gasteiger partial charge in [-0.25, -0.2) is 4.98 Å². The van der Waals surface area contributed by atoms with Gasteiger partial charge in [0.1, 0.15) is 17.1 Å². The molecule has 0 bridgehead atoms. The molecule has 136 valence electrons. The van der Waals surface area contributed by atoms with Gasteiger partial charge in [0.15, 0.2) is 0 Å². The Kier molecular flexibility index (Phi) is 3.84. The second-order valence-electron chi connectivity index (χ2n) is 6.61. The van der Waals surface area contributed by atoms with Crippen molar-refractivity contribution in [1.29, 1.82) is 0 Å². The van der Waals surface area contributed by atoms with E-state index < -0.39 is 0 Å². The summed E-state index contributed by atoms with van der Waals surface area (Å²) in [5.41, 5.74) is 10.8. The molecule has 3 aromatic carbocycles. The van der Waals surface area contributed by atoms with Crippen LogP contribution in [0.5, 0.6) is 5.75 Å². The number of hydrogen-bond donors (Lipinski definition) is 2. The van der Waals surface area contributed by atoms with Crippen molar-refractivity contribution in [2.24, 2.45) is 0 Å². The number of hydrogen-bond acceptors (Lipinski definition) is 4. The summed E-state index contributed by atoms with van der Waals surface area (Å²) in [5.74, 6) is 0.913. The van der Waals surface area contributed by atoms with Crippen LogP contribution in [0.2, 0.25) is 0 Å². The van der Waals surface area contributed by atoms with Crippen molar-refractivity contribution in [3.63, 3.8) is 0 Å². The highest BCUT2D eigenvalue weighted by Gasteiger charge is 2.12. The Labute approximate surface area is 169 Å². The molecule has 0 aliphatic rings. The molecular weight excluding hydrogens is 416 g/mol. The number of nitrogens with two attached hydrogens (primary N) is 1. The average Bonchev–Trinajstić information content (AvgIpc) is 3.16. The third kappa shape index (κ3) is 2.72. The number of phenols is 1. The van der Waals surface area contributed by atoms with E-state index in [0.29, 0.717) is 10.2 Å². The summed E-state index contributed by atoms with van der Waals surface area (Å²) in [6, 6.07) is 23.4. The van der Waals surface area contributed by atoms with Crippen LogP contribution in [0.4, 0.5) is 5.69 Å². The number of halogens is 1. The number of aromatic hydroxyl groups is 1. The summed E-state index contributed by atoms with van der Waals surface area (Å²) in [5, 5.41) is 11.9. The van der Waals surface area contributed by atoms with Gasteiger partial charge < -0.3 is 15.3 Å². The number of para-hydroxylation sites is 1. The molecule has 0 fully saturated rings. The van der Waals surface area contributed by atoms with Gasteiger partial charge in [0.25, 0.3) is 0 Å². The van der Waals surface area contributed by atoms with Crippen molar-refractivity contribution in [3.8, 4) is 28.3 Å². The molecule has 0 spiro atoms. The fraction of sp³-hybridized carbons (Fsp3) is 0. The molecule has 0 aliphatic carbocycles. The lowest BCUT2D eigenvalue weighted by Crippen LogP contribution is -1.94. The molecule has 0 radical (unpaired) electrons. The van der Waals surface area contributed by atoms with Crippen molar-refractivity contribution in [2.75, 3.05) is 5.73 Å². The van der Waals surface area contributed by atoms with Crippen LogP contribution in [0.15, 0.2) is 81.7 Å². The van der Waals surface area contributed by atoms with Gasteiger partial charge in [0.2, 0.25) is 0 Å². The minimum atomic E-state index is 0.106. The summed E-state index contributed by atoms with van der Waals surface area (Å²) in [6.07, 6.45) is 0. The smallest absolute Gasteiger partial charge is 0.135 e. The fourth-order valence-corrected chi connectivity index (χ4v) is 3.70. The highest BCUT2D eigenvalue weighted by Crippen LogP contribution is 2.37. The Morgan fingerprint density at radius 1 is 0.893 bits per heavy atom. The molecule has 4 nitrogen and oxygen atoms in total. The SMILES string of the molecule is Nc1c(-c2ccc3ccc(-c4cc5ccccc5o4)cc3n2)ccc(O)c1Br. The van der Waals surface area contributed by atoms with Crippen LogP contribution in [-0.2, 0) is 0 Å². The highest BCUT2D eigenvalue weighted by atomic mass is 79.9. The van der Waals surface area contributed by atoms with E-state index in [2.05, 4.69) is 15.9 Å². The summed E-state index contributed by atoms with van der Waals surface area (Å²) in [7, 11) is 0. The number of benzene rings is 3. The molecule has 5 aromatic rings. The quantitative estimate of drug-likeness (QED) is 0.319. The standard InChI is InChI=1S/C23H15BrN2O2/c24-22-19(27)10-8-16(23(22)25)17-9-7-13-5-6-15(11-18(13)26-17)21-12-14-3-1-2-4-20(14)28-21/h1-12,27H,25H2. The van der Waals surface area contributed by atoms with E-state index in [0.717, 1.165) is 44.5 Å². The van der Waals surface area contributed by atoms with Crippen LogP contribution in [0.1, 0.15) is 0 Å². The maximum atomic E-state index is 9.81. The van der Waals surface area contributed by atoms with Crippen LogP contribution in [0, 0.1) is 0 Å². The van der Waals surface area contributed by atoms with Gasteiger partial charge in [-0.2, -0.15) is 0 Å². The van der Waals surface area contributed by atoms with Gasteiger partial charge in [-0.05, 0) is 52.3 Å². The molecule has 0 atom stereocenters. The Balaban J connectivity index is 1.64. The summed E-state index contributed by atoms with van der Waals surface area (Å²) < 4.78 is 6.46. The minimum Gasteiger partial charge on any atom is -0.507 e. The van der Waals surface area contributed by atoms with E-state index in [1.165, 1.54) is 0 Å². The Morgan fingerprint density at radius 2 is 1.71 bits per heavy atom. The van der Waals surface area contributed by atoms with Crippen LogP contribution >= 0.6 is 15.9 Å². The number of furan rings is 1. The van der Waals surface area contributed by atoms with Gasteiger partial charge in [-0.1, -0.05) is 36.4 Å². The van der Waals surface area contributed by atoms with E-state index in [-0.39, 0.29) is 5.75 Å². The lowest BCUT2D eigenvalue weighted by molar-refractivity contribution is 0.472. The zero-order valence-corrected chi connectivity index (χ0v) is 16.3. The lowest BCUT2D eigenvalue weighted by Gasteiger charge is -2.10. The van der Waals surface area contributed by atoms with Gasteiger partial charge in [0.05, 0.1) is 21.4 Å². The number of nitrogens with zero attached hydrogens (tertiary/aromatic N) is 1. The number of fused-ring (bicyclic) bond motifs is 2. The second kappa shape index (κ2) is 6.39. The number of pyridine rings is 1. The third-order valence-corrected chi connectivity index (χ3v) is 5.67. The van der Waals surface area contributed by atoms with E-state index >= 15 is 0 Å². The average molecular weight is 431 g/mol. The molecule has 2 heterocycles. The molecule has 5 rings (SSSR count). The number of anilines is 1. The first-order chi connectivity index (χ1) is 13.6. The van der Waals surface area contributed by atoms with Crippen molar-refractivity contribution in [1.82, 2.24) is 4.98 Å². The Hall–Kier alpha value is -3.31. The van der Waals surface area contributed by atoms with Crippen LogP contribution in [0.3, 0.4) is 0 Å². The molecular formula is C23H15BrN2O2. The zero-order chi connectivity index (χ0) is 19.3. The maximum absolute atomic E-state index is 9.81. The Morgan fingerprint density at radius 3 is 2.57 bits per heavy atom.